The van der Waals surface area contributed by atoms with Crippen molar-refractivity contribution in [3.05, 3.63) is 35.9 Å². The Hall–Kier alpha value is -2.08. The predicted molar refractivity (Wildman–Crippen MR) is 86.1 cm³/mol. The summed E-state index contributed by atoms with van der Waals surface area (Å²) in [6.45, 7) is 2.30. The summed E-state index contributed by atoms with van der Waals surface area (Å²) < 4.78 is 5.36. The van der Waals surface area contributed by atoms with Crippen LogP contribution in [0.1, 0.15) is 18.4 Å². The number of carboxylic acid groups (broad SMARTS) is 1. The zero-order valence-corrected chi connectivity index (χ0v) is 13.5. The van der Waals surface area contributed by atoms with Gasteiger partial charge >= 0.3 is 12.1 Å². The molecule has 1 aliphatic rings. The van der Waals surface area contributed by atoms with Gasteiger partial charge in [0.25, 0.3) is 0 Å². The van der Waals surface area contributed by atoms with Crippen LogP contribution in [0.2, 0.25) is 0 Å². The quantitative estimate of drug-likeness (QED) is 0.869. The maximum absolute atomic E-state index is 12.2. The van der Waals surface area contributed by atoms with E-state index >= 15 is 0 Å². The molecule has 0 aromatic heterocycles. The van der Waals surface area contributed by atoms with E-state index in [1.165, 1.54) is 0 Å². The number of piperidine rings is 1. The van der Waals surface area contributed by atoms with E-state index in [-0.39, 0.29) is 25.2 Å². The summed E-state index contributed by atoms with van der Waals surface area (Å²) >= 11 is 0. The molecular formula is C17H24N2O4. The standard InChI is InChI=1S/C17H24N2O4/c1-18(12-16(20)21)10-15-8-5-9-19(11-15)17(22)23-13-14-6-3-2-4-7-14/h2-4,6-7,15H,5,8-13H2,1H3,(H,20,21)/t15-/m1/s1. The molecule has 1 saturated heterocycles. The molecule has 1 aromatic carbocycles. The molecule has 2 rings (SSSR count). The lowest BCUT2D eigenvalue weighted by atomic mass is 9.98. The molecule has 6 heteroatoms. The summed E-state index contributed by atoms with van der Waals surface area (Å²) in [5.41, 5.74) is 0.968. The first-order chi connectivity index (χ1) is 11.0. The van der Waals surface area contributed by atoms with Gasteiger partial charge in [0.15, 0.2) is 0 Å². The predicted octanol–water partition coefficient (Wildman–Crippen LogP) is 2.05. The number of ether oxygens (including phenoxy) is 1. The maximum Gasteiger partial charge on any atom is 0.410 e. The number of carbonyl (C=O) groups is 2. The van der Waals surface area contributed by atoms with E-state index in [4.69, 9.17) is 9.84 Å². The number of carboxylic acids is 1. The average molecular weight is 320 g/mol. The smallest absolute Gasteiger partial charge is 0.410 e. The van der Waals surface area contributed by atoms with E-state index in [0.717, 1.165) is 18.4 Å². The van der Waals surface area contributed by atoms with E-state index in [9.17, 15) is 9.59 Å². The van der Waals surface area contributed by atoms with E-state index in [1.54, 1.807) is 16.8 Å². The van der Waals surface area contributed by atoms with E-state index in [2.05, 4.69) is 0 Å². The van der Waals surface area contributed by atoms with Gasteiger partial charge in [0.1, 0.15) is 6.61 Å². The van der Waals surface area contributed by atoms with Gasteiger partial charge in [-0.1, -0.05) is 30.3 Å². The van der Waals surface area contributed by atoms with Crippen LogP contribution in [-0.2, 0) is 16.1 Å². The first-order valence-corrected chi connectivity index (χ1v) is 7.90. The Morgan fingerprint density at radius 1 is 1.35 bits per heavy atom. The normalized spacial score (nSPS) is 18.0. The van der Waals surface area contributed by atoms with Crippen LogP contribution in [0.15, 0.2) is 30.3 Å². The van der Waals surface area contributed by atoms with Gasteiger partial charge in [-0.3, -0.25) is 9.69 Å². The Labute approximate surface area is 136 Å². The van der Waals surface area contributed by atoms with Crippen LogP contribution < -0.4 is 0 Å². The van der Waals surface area contributed by atoms with Crippen molar-refractivity contribution in [1.82, 2.24) is 9.80 Å². The van der Waals surface area contributed by atoms with Gasteiger partial charge in [0.05, 0.1) is 6.54 Å². The van der Waals surface area contributed by atoms with E-state index < -0.39 is 5.97 Å². The second-order valence-corrected chi connectivity index (χ2v) is 6.08. The lowest BCUT2D eigenvalue weighted by Crippen LogP contribution is -2.44. The molecule has 1 N–H and O–H groups in total. The Bertz CT molecular complexity index is 521. The van der Waals surface area contributed by atoms with Crippen LogP contribution in [0.4, 0.5) is 4.79 Å². The van der Waals surface area contributed by atoms with Gasteiger partial charge in [-0.05, 0) is 31.4 Å². The lowest BCUT2D eigenvalue weighted by molar-refractivity contribution is -0.138. The lowest BCUT2D eigenvalue weighted by Gasteiger charge is -2.33. The molecule has 1 heterocycles. The Morgan fingerprint density at radius 3 is 2.78 bits per heavy atom. The molecule has 6 nitrogen and oxygen atoms in total. The van der Waals surface area contributed by atoms with Gasteiger partial charge in [0.2, 0.25) is 0 Å². The third-order valence-electron chi connectivity index (χ3n) is 3.96. The van der Waals surface area contributed by atoms with Crippen LogP contribution in [0.5, 0.6) is 0 Å². The highest BCUT2D eigenvalue weighted by Crippen LogP contribution is 2.18. The first-order valence-electron chi connectivity index (χ1n) is 7.90. The third-order valence-corrected chi connectivity index (χ3v) is 3.96. The number of likely N-dealkylation sites (N-methyl/N-ethyl adjacent to an activating group) is 1. The third kappa shape index (κ3) is 5.90. The Morgan fingerprint density at radius 2 is 2.09 bits per heavy atom. The van der Waals surface area contributed by atoms with Gasteiger partial charge in [-0.25, -0.2) is 4.79 Å². The largest absolute Gasteiger partial charge is 0.480 e. The van der Waals surface area contributed by atoms with Crippen LogP contribution in [0.25, 0.3) is 0 Å². The molecule has 0 aliphatic carbocycles. The van der Waals surface area contributed by atoms with Crippen molar-refractivity contribution < 1.29 is 19.4 Å². The minimum atomic E-state index is -0.831. The topological polar surface area (TPSA) is 70.1 Å². The maximum atomic E-state index is 12.2. The number of aliphatic carboxylic acids is 1. The molecule has 0 radical (unpaired) electrons. The van der Waals surface area contributed by atoms with Crippen LogP contribution in [-0.4, -0.2) is 60.2 Å². The summed E-state index contributed by atoms with van der Waals surface area (Å²) in [5, 5.41) is 8.81. The van der Waals surface area contributed by atoms with Crippen molar-refractivity contribution in [3.8, 4) is 0 Å². The first kappa shape index (κ1) is 17.3. The Balaban J connectivity index is 1.78. The van der Waals surface area contributed by atoms with Gasteiger partial charge < -0.3 is 14.7 Å². The van der Waals surface area contributed by atoms with Crippen LogP contribution >= 0.6 is 0 Å². The highest BCUT2D eigenvalue weighted by atomic mass is 16.6. The highest BCUT2D eigenvalue weighted by Gasteiger charge is 2.25. The van der Waals surface area contributed by atoms with Crippen molar-refractivity contribution in [2.75, 3.05) is 33.2 Å². The SMILES string of the molecule is CN(CC(=O)O)C[C@H]1CCCN(C(=O)OCc2ccccc2)C1. The van der Waals surface area contributed by atoms with Crippen molar-refractivity contribution in [2.24, 2.45) is 5.92 Å². The zero-order chi connectivity index (χ0) is 16.7. The van der Waals surface area contributed by atoms with Crippen LogP contribution in [0.3, 0.4) is 0 Å². The van der Waals surface area contributed by atoms with Crippen molar-refractivity contribution >= 4 is 12.1 Å². The molecule has 0 bridgehead atoms. The molecule has 1 aromatic rings. The number of benzene rings is 1. The molecular weight excluding hydrogens is 296 g/mol. The number of nitrogens with zero attached hydrogens (tertiary/aromatic N) is 2. The highest BCUT2D eigenvalue weighted by molar-refractivity contribution is 5.69. The summed E-state index contributed by atoms with van der Waals surface area (Å²) in [6, 6.07) is 9.60. The minimum Gasteiger partial charge on any atom is -0.480 e. The number of rotatable bonds is 6. The molecule has 0 saturated carbocycles. The van der Waals surface area contributed by atoms with E-state index in [1.807, 2.05) is 30.3 Å². The second kappa shape index (κ2) is 8.53. The molecule has 1 amide bonds. The fourth-order valence-corrected chi connectivity index (χ4v) is 2.93. The van der Waals surface area contributed by atoms with Crippen molar-refractivity contribution in [2.45, 2.75) is 19.4 Å². The molecule has 0 spiro atoms. The van der Waals surface area contributed by atoms with Crippen LogP contribution in [0, 0.1) is 5.92 Å². The molecule has 1 atom stereocenters. The monoisotopic (exact) mass is 320 g/mol. The molecule has 23 heavy (non-hydrogen) atoms. The average Bonchev–Trinajstić information content (AvgIpc) is 2.53. The summed E-state index contributed by atoms with van der Waals surface area (Å²) in [6.07, 6.45) is 1.64. The number of hydrogen-bond acceptors (Lipinski definition) is 4. The summed E-state index contributed by atoms with van der Waals surface area (Å²) in [7, 11) is 1.79. The zero-order valence-electron chi connectivity index (χ0n) is 13.5. The number of carbonyl (C=O) groups excluding carboxylic acids is 1. The molecule has 0 unspecified atom stereocenters. The van der Waals surface area contributed by atoms with Gasteiger partial charge in [-0.15, -0.1) is 0 Å². The molecule has 126 valence electrons. The molecule has 1 aliphatic heterocycles. The number of amides is 1. The molecule has 1 fully saturated rings. The van der Waals surface area contributed by atoms with Gasteiger partial charge in [-0.2, -0.15) is 0 Å². The van der Waals surface area contributed by atoms with Crippen molar-refractivity contribution in [1.29, 1.82) is 0 Å². The number of hydrogen-bond donors (Lipinski definition) is 1. The second-order valence-electron chi connectivity index (χ2n) is 6.08. The van der Waals surface area contributed by atoms with Crippen molar-refractivity contribution in [3.63, 3.8) is 0 Å². The van der Waals surface area contributed by atoms with Gasteiger partial charge in [0, 0.05) is 19.6 Å². The minimum absolute atomic E-state index is 0.0228. The van der Waals surface area contributed by atoms with E-state index in [0.29, 0.717) is 19.6 Å². The number of likely N-dealkylation sites (tertiary alicyclic amines) is 1. The summed E-state index contributed by atoms with van der Waals surface area (Å²) in [4.78, 5) is 26.4. The Kier molecular flexibility index (Phi) is 6.40. The summed E-state index contributed by atoms with van der Waals surface area (Å²) in [5.74, 6) is -0.542. The fraction of sp³-hybridized carbons (Fsp3) is 0.529. The fourth-order valence-electron chi connectivity index (χ4n) is 2.93.